The molecule has 4 nitrogen and oxygen atoms in total. The predicted octanol–water partition coefficient (Wildman–Crippen LogP) is 3.39. The first-order valence-corrected chi connectivity index (χ1v) is 8.97. The smallest absolute Gasteiger partial charge is 0.229 e. The van der Waals surface area contributed by atoms with Crippen LogP contribution < -0.4 is 0 Å². The third-order valence-electron chi connectivity index (χ3n) is 4.95. The van der Waals surface area contributed by atoms with Gasteiger partial charge in [-0.25, -0.2) is 0 Å². The molecular weight excluding hydrogens is 322 g/mol. The third-order valence-corrected chi connectivity index (χ3v) is 4.95. The van der Waals surface area contributed by atoms with E-state index >= 15 is 0 Å². The number of amides is 1. The normalized spacial score (nSPS) is 16.2. The van der Waals surface area contributed by atoms with Crippen molar-refractivity contribution in [3.8, 4) is 0 Å². The number of nitrogens with zero attached hydrogens (tertiary/aromatic N) is 3. The molecule has 3 aromatic rings. The molecule has 1 amide bonds. The van der Waals surface area contributed by atoms with Crippen LogP contribution in [0.1, 0.15) is 28.4 Å². The Hall–Kier alpha value is -3.01. The van der Waals surface area contributed by atoms with Gasteiger partial charge in [0.15, 0.2) is 0 Å². The molecule has 1 aliphatic heterocycles. The lowest BCUT2D eigenvalue weighted by atomic mass is 9.88. The summed E-state index contributed by atoms with van der Waals surface area (Å²) >= 11 is 0. The molecule has 4 rings (SSSR count). The lowest BCUT2D eigenvalue weighted by Gasteiger charge is -2.37. The van der Waals surface area contributed by atoms with E-state index in [0.29, 0.717) is 6.42 Å². The Labute approximate surface area is 153 Å². The first-order valence-electron chi connectivity index (χ1n) is 8.97. The molecule has 0 saturated carbocycles. The minimum atomic E-state index is 0.0616. The molecule has 0 spiro atoms. The fourth-order valence-electron chi connectivity index (χ4n) is 3.69. The molecule has 0 aliphatic carbocycles. The molecule has 0 radical (unpaired) electrons. The lowest BCUT2D eigenvalue weighted by Crippen LogP contribution is -2.41. The van der Waals surface area contributed by atoms with E-state index < -0.39 is 0 Å². The van der Waals surface area contributed by atoms with Gasteiger partial charge in [-0.1, -0.05) is 54.6 Å². The molecule has 0 N–H and O–H groups in total. The molecule has 2 aromatic carbocycles. The zero-order valence-electron chi connectivity index (χ0n) is 14.6. The Bertz CT molecular complexity index is 880. The van der Waals surface area contributed by atoms with Crippen molar-refractivity contribution in [1.29, 1.82) is 0 Å². The van der Waals surface area contributed by atoms with Gasteiger partial charge in [-0.3, -0.25) is 14.8 Å². The molecule has 2 heterocycles. The maximum absolute atomic E-state index is 13.0. The zero-order valence-corrected chi connectivity index (χ0v) is 14.6. The fraction of sp³-hybridized carbons (Fsp3) is 0.227. The van der Waals surface area contributed by atoms with Crippen LogP contribution in [0.25, 0.3) is 0 Å². The summed E-state index contributed by atoms with van der Waals surface area (Å²) < 4.78 is 0. The average molecular weight is 343 g/mol. The van der Waals surface area contributed by atoms with E-state index in [-0.39, 0.29) is 11.9 Å². The van der Waals surface area contributed by atoms with Crippen molar-refractivity contribution in [3.05, 3.63) is 95.6 Å². The number of hydrogen-bond acceptors (Lipinski definition) is 3. The zero-order chi connectivity index (χ0) is 17.8. The van der Waals surface area contributed by atoms with E-state index in [1.54, 1.807) is 18.6 Å². The van der Waals surface area contributed by atoms with Crippen LogP contribution in [0.3, 0.4) is 0 Å². The fourth-order valence-corrected chi connectivity index (χ4v) is 3.69. The highest BCUT2D eigenvalue weighted by Crippen LogP contribution is 2.32. The second-order valence-corrected chi connectivity index (χ2v) is 6.61. The lowest BCUT2D eigenvalue weighted by molar-refractivity contribution is -0.133. The molecule has 1 aromatic heterocycles. The Morgan fingerprint density at radius 3 is 2.65 bits per heavy atom. The van der Waals surface area contributed by atoms with Crippen molar-refractivity contribution in [2.24, 2.45) is 0 Å². The summed E-state index contributed by atoms with van der Waals surface area (Å²) in [7, 11) is 0. The van der Waals surface area contributed by atoms with Crippen LogP contribution in [0.5, 0.6) is 0 Å². The first kappa shape index (κ1) is 16.5. The van der Waals surface area contributed by atoms with Gasteiger partial charge >= 0.3 is 0 Å². The molecule has 130 valence electrons. The number of carbonyl (C=O) groups excluding carboxylic acids is 1. The molecule has 26 heavy (non-hydrogen) atoms. The van der Waals surface area contributed by atoms with Gasteiger partial charge in [-0.15, -0.1) is 0 Å². The van der Waals surface area contributed by atoms with Crippen LogP contribution >= 0.6 is 0 Å². The third kappa shape index (κ3) is 3.49. The van der Waals surface area contributed by atoms with Crippen LogP contribution in [0, 0.1) is 0 Å². The van der Waals surface area contributed by atoms with Crippen molar-refractivity contribution in [2.75, 3.05) is 6.54 Å². The Morgan fingerprint density at radius 1 is 1.04 bits per heavy atom. The second kappa shape index (κ2) is 7.48. The summed E-state index contributed by atoms with van der Waals surface area (Å²) in [6.07, 6.45) is 6.94. The standard InChI is InChI=1S/C22H21N3O/c26-22(15-19-16-23-11-12-24-19)25-13-10-18-8-4-5-9-20(18)21(25)14-17-6-2-1-3-7-17/h1-9,11-12,16,21H,10,13-15H2/t21-/m1/s1. The molecular formula is C22H21N3O. The molecule has 0 unspecified atom stereocenters. The van der Waals surface area contributed by atoms with Gasteiger partial charge < -0.3 is 4.90 Å². The van der Waals surface area contributed by atoms with Gasteiger partial charge in [0.1, 0.15) is 0 Å². The van der Waals surface area contributed by atoms with E-state index in [1.807, 2.05) is 11.0 Å². The molecule has 1 aliphatic rings. The van der Waals surface area contributed by atoms with Crippen LogP contribution in [-0.2, 0) is 24.1 Å². The Kier molecular flexibility index (Phi) is 4.73. The quantitative estimate of drug-likeness (QED) is 0.729. The Balaban J connectivity index is 1.63. The van der Waals surface area contributed by atoms with Gasteiger partial charge in [0.25, 0.3) is 0 Å². The van der Waals surface area contributed by atoms with Crippen molar-refractivity contribution >= 4 is 5.91 Å². The molecule has 0 fully saturated rings. The summed E-state index contributed by atoms with van der Waals surface area (Å²) in [4.78, 5) is 23.4. The van der Waals surface area contributed by atoms with E-state index in [9.17, 15) is 4.79 Å². The minimum absolute atomic E-state index is 0.0616. The number of carbonyl (C=O) groups is 1. The van der Waals surface area contributed by atoms with Gasteiger partial charge in [0.05, 0.1) is 18.2 Å². The SMILES string of the molecule is O=C(Cc1cnccn1)N1CCc2ccccc2[C@H]1Cc1ccccc1. The molecule has 0 saturated heterocycles. The number of hydrogen-bond donors (Lipinski definition) is 0. The maximum Gasteiger partial charge on any atom is 0.229 e. The van der Waals surface area contributed by atoms with Crippen LogP contribution in [0.4, 0.5) is 0 Å². The highest BCUT2D eigenvalue weighted by molar-refractivity contribution is 5.79. The second-order valence-electron chi connectivity index (χ2n) is 6.61. The van der Waals surface area contributed by atoms with E-state index in [2.05, 4.69) is 58.5 Å². The van der Waals surface area contributed by atoms with Crippen molar-refractivity contribution < 1.29 is 4.79 Å². The molecule has 4 heteroatoms. The van der Waals surface area contributed by atoms with Crippen LogP contribution in [-0.4, -0.2) is 27.3 Å². The number of fused-ring (bicyclic) bond motifs is 1. The van der Waals surface area contributed by atoms with Crippen molar-refractivity contribution in [1.82, 2.24) is 14.9 Å². The summed E-state index contributed by atoms with van der Waals surface area (Å²) in [5.74, 6) is 0.112. The molecule has 0 bridgehead atoms. The Morgan fingerprint density at radius 2 is 1.85 bits per heavy atom. The number of rotatable bonds is 4. The summed E-state index contributed by atoms with van der Waals surface area (Å²) in [6.45, 7) is 0.744. The van der Waals surface area contributed by atoms with E-state index in [4.69, 9.17) is 0 Å². The first-order chi connectivity index (χ1) is 12.8. The predicted molar refractivity (Wildman–Crippen MR) is 100 cm³/mol. The van der Waals surface area contributed by atoms with E-state index in [0.717, 1.165) is 25.1 Å². The monoisotopic (exact) mass is 343 g/mol. The average Bonchev–Trinajstić information content (AvgIpc) is 2.70. The topological polar surface area (TPSA) is 46.1 Å². The minimum Gasteiger partial charge on any atom is -0.335 e. The highest BCUT2D eigenvalue weighted by Gasteiger charge is 2.30. The maximum atomic E-state index is 13.0. The van der Waals surface area contributed by atoms with Gasteiger partial charge in [0, 0.05) is 25.1 Å². The van der Waals surface area contributed by atoms with Crippen molar-refractivity contribution in [2.45, 2.75) is 25.3 Å². The largest absolute Gasteiger partial charge is 0.335 e. The summed E-state index contributed by atoms with van der Waals surface area (Å²) in [5.41, 5.74) is 4.56. The van der Waals surface area contributed by atoms with Crippen LogP contribution in [0.2, 0.25) is 0 Å². The highest BCUT2D eigenvalue weighted by atomic mass is 16.2. The molecule has 1 atom stereocenters. The number of benzene rings is 2. The van der Waals surface area contributed by atoms with Gasteiger partial charge in [-0.2, -0.15) is 0 Å². The van der Waals surface area contributed by atoms with Crippen molar-refractivity contribution in [3.63, 3.8) is 0 Å². The summed E-state index contributed by atoms with van der Waals surface area (Å²) in [5, 5.41) is 0. The van der Waals surface area contributed by atoms with Gasteiger partial charge in [-0.05, 0) is 29.5 Å². The van der Waals surface area contributed by atoms with Gasteiger partial charge in [0.2, 0.25) is 5.91 Å². The number of aromatic nitrogens is 2. The van der Waals surface area contributed by atoms with E-state index in [1.165, 1.54) is 16.7 Å². The van der Waals surface area contributed by atoms with Crippen LogP contribution in [0.15, 0.2) is 73.2 Å². The summed E-state index contributed by atoms with van der Waals surface area (Å²) in [6, 6.07) is 18.9.